The van der Waals surface area contributed by atoms with Gasteiger partial charge in [-0.1, -0.05) is 48.3 Å². The van der Waals surface area contributed by atoms with Gasteiger partial charge in [-0.05, 0) is 36.1 Å². The normalized spacial score (nSPS) is 16.7. The zero-order valence-electron chi connectivity index (χ0n) is 15.5. The van der Waals surface area contributed by atoms with Crippen molar-refractivity contribution in [3.63, 3.8) is 0 Å². The molecule has 1 fully saturated rings. The average Bonchev–Trinajstić information content (AvgIpc) is 3.42. The Kier molecular flexibility index (Phi) is 3.69. The quantitative estimate of drug-likeness (QED) is 0.591. The molecule has 1 heterocycles. The molecule has 2 aliphatic carbocycles. The maximum atomic E-state index is 13.1. The standard InChI is InChI=1S/C22H19N3O3/c1-13-23-21(25-28-13)22(10-4-5-11-22)24-20(27)14-8-9-16-15-6-2-3-7-17(15)19(26)18(16)12-14/h2-3,6-9,12H,4-5,10-11H2,1H3,(H,24,27). The number of fused-ring (bicyclic) bond motifs is 3. The minimum Gasteiger partial charge on any atom is -0.340 e. The summed E-state index contributed by atoms with van der Waals surface area (Å²) in [6.45, 7) is 1.74. The first-order valence-electron chi connectivity index (χ1n) is 9.49. The lowest BCUT2D eigenvalue weighted by Gasteiger charge is -2.26. The fourth-order valence-electron chi connectivity index (χ4n) is 4.34. The largest absolute Gasteiger partial charge is 0.340 e. The summed E-state index contributed by atoms with van der Waals surface area (Å²) in [4.78, 5) is 30.1. The minimum atomic E-state index is -0.610. The van der Waals surface area contributed by atoms with E-state index < -0.39 is 5.54 Å². The van der Waals surface area contributed by atoms with Crippen molar-refractivity contribution in [1.29, 1.82) is 0 Å². The van der Waals surface area contributed by atoms with Gasteiger partial charge in [-0.2, -0.15) is 4.98 Å². The van der Waals surface area contributed by atoms with Crippen molar-refractivity contribution in [3.05, 3.63) is 70.9 Å². The van der Waals surface area contributed by atoms with Crippen molar-refractivity contribution in [2.45, 2.75) is 38.1 Å². The molecule has 1 saturated carbocycles. The number of benzene rings is 2. The molecule has 0 spiro atoms. The Bertz CT molecular complexity index is 1110. The van der Waals surface area contributed by atoms with Crippen LogP contribution < -0.4 is 5.32 Å². The van der Waals surface area contributed by atoms with E-state index in [0.717, 1.165) is 36.8 Å². The predicted octanol–water partition coefficient (Wildman–Crippen LogP) is 3.79. The molecule has 6 nitrogen and oxygen atoms in total. The lowest BCUT2D eigenvalue weighted by atomic mass is 9.95. The summed E-state index contributed by atoms with van der Waals surface area (Å²) in [6, 6.07) is 12.8. The second-order valence-corrected chi connectivity index (χ2v) is 7.52. The van der Waals surface area contributed by atoms with Gasteiger partial charge >= 0.3 is 0 Å². The van der Waals surface area contributed by atoms with Gasteiger partial charge in [0.05, 0.1) is 0 Å². The molecule has 1 aromatic heterocycles. The minimum absolute atomic E-state index is 0.0374. The number of carbonyl (C=O) groups is 2. The van der Waals surface area contributed by atoms with Gasteiger partial charge < -0.3 is 9.84 Å². The maximum absolute atomic E-state index is 13.1. The molecule has 0 aliphatic heterocycles. The molecule has 0 atom stereocenters. The van der Waals surface area contributed by atoms with E-state index in [1.807, 2.05) is 30.3 Å². The van der Waals surface area contributed by atoms with Crippen LogP contribution in [0.4, 0.5) is 0 Å². The van der Waals surface area contributed by atoms with Crippen LogP contribution in [0.1, 0.15) is 63.7 Å². The highest BCUT2D eigenvalue weighted by Gasteiger charge is 2.41. The molecule has 6 heteroatoms. The summed E-state index contributed by atoms with van der Waals surface area (Å²) < 4.78 is 5.14. The molecule has 140 valence electrons. The topological polar surface area (TPSA) is 85.1 Å². The van der Waals surface area contributed by atoms with E-state index in [-0.39, 0.29) is 11.7 Å². The van der Waals surface area contributed by atoms with Gasteiger partial charge in [0.1, 0.15) is 5.54 Å². The van der Waals surface area contributed by atoms with E-state index in [0.29, 0.717) is 28.4 Å². The first-order valence-corrected chi connectivity index (χ1v) is 9.49. The Hall–Kier alpha value is -3.28. The average molecular weight is 373 g/mol. The molecule has 0 unspecified atom stereocenters. The Morgan fingerprint density at radius 1 is 1.04 bits per heavy atom. The third kappa shape index (κ3) is 2.48. The van der Waals surface area contributed by atoms with Gasteiger partial charge in [-0.15, -0.1) is 0 Å². The number of rotatable bonds is 3. The van der Waals surface area contributed by atoms with E-state index in [1.54, 1.807) is 19.1 Å². The Labute approximate surface area is 162 Å². The molecule has 0 bridgehead atoms. The van der Waals surface area contributed by atoms with Gasteiger partial charge in [0, 0.05) is 23.6 Å². The van der Waals surface area contributed by atoms with Gasteiger partial charge in [0.25, 0.3) is 5.91 Å². The summed E-state index contributed by atoms with van der Waals surface area (Å²) >= 11 is 0. The molecule has 0 radical (unpaired) electrons. The van der Waals surface area contributed by atoms with E-state index in [1.165, 1.54) is 0 Å². The van der Waals surface area contributed by atoms with Crippen LogP contribution in [-0.2, 0) is 5.54 Å². The van der Waals surface area contributed by atoms with Crippen molar-refractivity contribution in [3.8, 4) is 11.1 Å². The van der Waals surface area contributed by atoms with Crippen LogP contribution >= 0.6 is 0 Å². The highest BCUT2D eigenvalue weighted by atomic mass is 16.5. The van der Waals surface area contributed by atoms with Crippen LogP contribution in [0.2, 0.25) is 0 Å². The Balaban J connectivity index is 1.47. The number of nitrogens with zero attached hydrogens (tertiary/aromatic N) is 2. The second kappa shape index (κ2) is 6.12. The maximum Gasteiger partial charge on any atom is 0.252 e. The Morgan fingerprint density at radius 2 is 1.75 bits per heavy atom. The number of hydrogen-bond acceptors (Lipinski definition) is 5. The summed E-state index contributed by atoms with van der Waals surface area (Å²) in [5.41, 5.74) is 2.91. The lowest BCUT2D eigenvalue weighted by Crippen LogP contribution is -2.44. The van der Waals surface area contributed by atoms with Crippen LogP contribution in [0, 0.1) is 6.92 Å². The summed E-state index contributed by atoms with van der Waals surface area (Å²) in [5.74, 6) is 0.748. The SMILES string of the molecule is Cc1nc(C2(NC(=O)c3ccc4c(c3)C(=O)c3ccccc3-4)CCCC2)no1. The number of aromatic nitrogens is 2. The number of aryl methyl sites for hydroxylation is 1. The molecule has 3 aromatic rings. The van der Waals surface area contributed by atoms with Crippen molar-refractivity contribution in [2.75, 3.05) is 0 Å². The van der Waals surface area contributed by atoms with Gasteiger partial charge in [0.15, 0.2) is 11.6 Å². The number of amides is 1. The molecular formula is C22H19N3O3. The van der Waals surface area contributed by atoms with Crippen molar-refractivity contribution in [1.82, 2.24) is 15.5 Å². The molecule has 1 N–H and O–H groups in total. The van der Waals surface area contributed by atoms with Crippen LogP contribution in [-0.4, -0.2) is 21.8 Å². The van der Waals surface area contributed by atoms with Crippen molar-refractivity contribution >= 4 is 11.7 Å². The van der Waals surface area contributed by atoms with Gasteiger partial charge in [-0.25, -0.2) is 0 Å². The number of ketones is 1. The predicted molar refractivity (Wildman–Crippen MR) is 102 cm³/mol. The fourth-order valence-corrected chi connectivity index (χ4v) is 4.34. The molecular weight excluding hydrogens is 354 g/mol. The monoisotopic (exact) mass is 373 g/mol. The molecule has 0 saturated heterocycles. The van der Waals surface area contributed by atoms with E-state index in [9.17, 15) is 9.59 Å². The number of nitrogens with one attached hydrogen (secondary N) is 1. The fraction of sp³-hybridized carbons (Fsp3) is 0.273. The smallest absolute Gasteiger partial charge is 0.252 e. The van der Waals surface area contributed by atoms with Crippen LogP contribution in [0.15, 0.2) is 47.0 Å². The van der Waals surface area contributed by atoms with Crippen LogP contribution in [0.3, 0.4) is 0 Å². The van der Waals surface area contributed by atoms with E-state index in [2.05, 4.69) is 15.5 Å². The summed E-state index contributed by atoms with van der Waals surface area (Å²) in [6.07, 6.45) is 3.53. The third-order valence-electron chi connectivity index (χ3n) is 5.75. The highest BCUT2D eigenvalue weighted by Crippen LogP contribution is 2.39. The van der Waals surface area contributed by atoms with Crippen molar-refractivity contribution < 1.29 is 14.1 Å². The number of carbonyl (C=O) groups excluding carboxylic acids is 2. The summed E-state index contributed by atoms with van der Waals surface area (Å²) in [5, 5.41) is 7.19. The summed E-state index contributed by atoms with van der Waals surface area (Å²) in [7, 11) is 0. The molecule has 5 rings (SSSR count). The highest BCUT2D eigenvalue weighted by molar-refractivity contribution is 6.22. The van der Waals surface area contributed by atoms with Gasteiger partial charge in [-0.3, -0.25) is 9.59 Å². The van der Waals surface area contributed by atoms with Gasteiger partial charge in [0.2, 0.25) is 5.89 Å². The molecule has 1 amide bonds. The first-order chi connectivity index (χ1) is 13.6. The van der Waals surface area contributed by atoms with Crippen molar-refractivity contribution in [2.24, 2.45) is 0 Å². The Morgan fingerprint density at radius 3 is 2.46 bits per heavy atom. The number of hydrogen-bond donors (Lipinski definition) is 1. The van der Waals surface area contributed by atoms with E-state index >= 15 is 0 Å². The first kappa shape index (κ1) is 16.9. The molecule has 28 heavy (non-hydrogen) atoms. The molecule has 2 aliphatic rings. The third-order valence-corrected chi connectivity index (χ3v) is 5.75. The molecule has 2 aromatic carbocycles. The lowest BCUT2D eigenvalue weighted by molar-refractivity contribution is 0.0892. The second-order valence-electron chi connectivity index (χ2n) is 7.52. The van der Waals surface area contributed by atoms with Crippen LogP contribution in [0.25, 0.3) is 11.1 Å². The zero-order chi connectivity index (χ0) is 19.3. The van der Waals surface area contributed by atoms with E-state index in [4.69, 9.17) is 4.52 Å². The zero-order valence-corrected chi connectivity index (χ0v) is 15.5. The van der Waals surface area contributed by atoms with Crippen LogP contribution in [0.5, 0.6) is 0 Å².